The van der Waals surface area contributed by atoms with Gasteiger partial charge in [0.1, 0.15) is 15.9 Å². The Hall–Kier alpha value is -1.31. The summed E-state index contributed by atoms with van der Waals surface area (Å²) in [5.74, 6) is -0.626. The van der Waals surface area contributed by atoms with Crippen LogP contribution in [0.4, 0.5) is 4.79 Å². The fourth-order valence-electron chi connectivity index (χ4n) is 2.07. The highest BCUT2D eigenvalue weighted by Crippen LogP contribution is 2.24. The molecule has 1 aliphatic heterocycles. The second-order valence-corrected chi connectivity index (χ2v) is 8.18. The Kier molecular flexibility index (Phi) is 4.99. The molecule has 0 saturated carbocycles. The van der Waals surface area contributed by atoms with Gasteiger partial charge in [0.05, 0.1) is 12.3 Å². The fourth-order valence-corrected chi connectivity index (χ4v) is 3.21. The number of hydrogen-bond donors (Lipinski definition) is 1. The molecule has 0 radical (unpaired) electrons. The van der Waals surface area contributed by atoms with E-state index in [1.165, 1.54) is 6.07 Å². The van der Waals surface area contributed by atoms with Gasteiger partial charge in [-0.15, -0.1) is 0 Å². The number of amides is 3. The number of carbonyl (C=O) groups is 2. The van der Waals surface area contributed by atoms with Crippen molar-refractivity contribution < 1.29 is 18.0 Å². The molecule has 6 nitrogen and oxygen atoms in total. The molecule has 2 rings (SSSR count). The van der Waals surface area contributed by atoms with Crippen molar-refractivity contribution in [1.82, 2.24) is 10.2 Å². The predicted molar refractivity (Wildman–Crippen MR) is 83.7 cm³/mol. The van der Waals surface area contributed by atoms with Crippen LogP contribution in [0.3, 0.4) is 0 Å². The first-order valence-corrected chi connectivity index (χ1v) is 9.22. The molecule has 1 heterocycles. The minimum atomic E-state index is -3.20. The number of nitrogens with zero attached hydrogens (tertiary/aromatic N) is 1. The Labute approximate surface area is 138 Å². The van der Waals surface area contributed by atoms with Gasteiger partial charge < -0.3 is 5.32 Å². The molecule has 120 valence electrons. The van der Waals surface area contributed by atoms with E-state index < -0.39 is 27.8 Å². The lowest BCUT2D eigenvalue weighted by atomic mass is 10.2. The number of imide groups is 1. The molecular weight excluding hydrogens is 351 g/mol. The van der Waals surface area contributed by atoms with Crippen LogP contribution in [-0.4, -0.2) is 43.3 Å². The summed E-state index contributed by atoms with van der Waals surface area (Å²) in [4.78, 5) is 25.1. The molecule has 22 heavy (non-hydrogen) atoms. The number of halogens is 2. The van der Waals surface area contributed by atoms with E-state index in [1.54, 1.807) is 12.1 Å². The molecule has 3 amide bonds. The van der Waals surface area contributed by atoms with E-state index >= 15 is 0 Å². The minimum absolute atomic E-state index is 0.00996. The summed E-state index contributed by atoms with van der Waals surface area (Å²) >= 11 is 11.8. The molecule has 9 heteroatoms. The first kappa shape index (κ1) is 17.1. The molecule has 1 aromatic carbocycles. The highest BCUT2D eigenvalue weighted by atomic mass is 35.5. The highest BCUT2D eigenvalue weighted by molar-refractivity contribution is 7.90. The molecular formula is C13H14Cl2N2O4S. The van der Waals surface area contributed by atoms with Crippen molar-refractivity contribution in [3.8, 4) is 0 Å². The van der Waals surface area contributed by atoms with Gasteiger partial charge in [-0.2, -0.15) is 0 Å². The zero-order chi connectivity index (χ0) is 16.5. The Balaban J connectivity index is 2.09. The smallest absolute Gasteiger partial charge is 0.325 e. The number of benzene rings is 1. The van der Waals surface area contributed by atoms with Crippen LogP contribution in [0.25, 0.3) is 0 Å². The maximum atomic E-state index is 12.2. The largest absolute Gasteiger partial charge is 0.326 e. The average Bonchev–Trinajstić information content (AvgIpc) is 2.66. The summed E-state index contributed by atoms with van der Waals surface area (Å²) in [5.41, 5.74) is 0.582. The van der Waals surface area contributed by atoms with E-state index in [0.717, 1.165) is 11.2 Å². The third-order valence-electron chi connectivity index (χ3n) is 3.23. The van der Waals surface area contributed by atoms with E-state index in [-0.39, 0.29) is 18.7 Å². The van der Waals surface area contributed by atoms with Crippen LogP contribution in [0.5, 0.6) is 0 Å². The molecule has 0 aromatic heterocycles. The van der Waals surface area contributed by atoms with Crippen molar-refractivity contribution in [1.29, 1.82) is 0 Å². The maximum Gasteiger partial charge on any atom is 0.325 e. The summed E-state index contributed by atoms with van der Waals surface area (Å²) in [6.07, 6.45) is 1.13. The Morgan fingerprint density at radius 2 is 1.95 bits per heavy atom. The molecule has 0 spiro atoms. The van der Waals surface area contributed by atoms with Crippen LogP contribution in [0.2, 0.25) is 10.0 Å². The van der Waals surface area contributed by atoms with E-state index in [4.69, 9.17) is 23.2 Å². The summed E-state index contributed by atoms with van der Waals surface area (Å²) in [6.45, 7) is 0.00996. The van der Waals surface area contributed by atoms with Gasteiger partial charge in [0.25, 0.3) is 5.91 Å². The minimum Gasteiger partial charge on any atom is -0.326 e. The molecule has 0 bridgehead atoms. The van der Waals surface area contributed by atoms with E-state index in [2.05, 4.69) is 5.32 Å². The number of carbonyl (C=O) groups excluding carboxylic acids is 2. The SMILES string of the molecule is CS(=O)(=O)CCC1NC(=O)N(Cc2ccc(Cl)cc2Cl)C1=O. The summed E-state index contributed by atoms with van der Waals surface area (Å²) in [5, 5.41) is 3.29. The lowest BCUT2D eigenvalue weighted by Crippen LogP contribution is -2.32. The van der Waals surface area contributed by atoms with Crippen molar-refractivity contribution in [2.24, 2.45) is 0 Å². The van der Waals surface area contributed by atoms with Crippen LogP contribution in [0.1, 0.15) is 12.0 Å². The van der Waals surface area contributed by atoms with Crippen LogP contribution in [0, 0.1) is 0 Å². The van der Waals surface area contributed by atoms with Crippen molar-refractivity contribution in [3.63, 3.8) is 0 Å². The molecule has 1 atom stereocenters. The number of hydrogen-bond acceptors (Lipinski definition) is 4. The summed E-state index contributed by atoms with van der Waals surface area (Å²) in [6, 6.07) is 3.39. The van der Waals surface area contributed by atoms with Crippen LogP contribution < -0.4 is 5.32 Å². The normalized spacial score (nSPS) is 18.7. The third-order valence-corrected chi connectivity index (χ3v) is 4.79. The molecule has 1 aromatic rings. The topological polar surface area (TPSA) is 83.6 Å². The average molecular weight is 365 g/mol. The molecule has 1 unspecified atom stereocenters. The monoisotopic (exact) mass is 364 g/mol. The third kappa shape index (κ3) is 4.12. The van der Waals surface area contributed by atoms with E-state index in [0.29, 0.717) is 15.6 Å². The zero-order valence-corrected chi connectivity index (χ0v) is 14.0. The van der Waals surface area contributed by atoms with Crippen LogP contribution >= 0.6 is 23.2 Å². The summed E-state index contributed by atoms with van der Waals surface area (Å²) in [7, 11) is -3.20. The first-order chi connectivity index (χ1) is 10.2. The molecule has 0 aliphatic carbocycles. The Bertz CT molecular complexity index is 721. The molecule has 1 aliphatic rings. The number of sulfone groups is 1. The van der Waals surface area contributed by atoms with Gasteiger partial charge in [-0.05, 0) is 24.1 Å². The summed E-state index contributed by atoms with van der Waals surface area (Å²) < 4.78 is 22.3. The van der Waals surface area contributed by atoms with E-state index in [1.807, 2.05) is 0 Å². The van der Waals surface area contributed by atoms with Crippen molar-refractivity contribution >= 4 is 45.0 Å². The quantitative estimate of drug-likeness (QED) is 0.808. The second-order valence-electron chi connectivity index (χ2n) is 5.08. The first-order valence-electron chi connectivity index (χ1n) is 6.41. The van der Waals surface area contributed by atoms with Gasteiger partial charge in [0, 0.05) is 16.3 Å². The molecule has 1 saturated heterocycles. The standard InChI is InChI=1S/C13H14Cl2N2O4S/c1-22(20,21)5-4-11-12(18)17(13(19)16-11)7-8-2-3-9(14)6-10(8)15/h2-3,6,11H,4-5,7H2,1H3,(H,16,19). The van der Waals surface area contributed by atoms with Crippen molar-refractivity contribution in [3.05, 3.63) is 33.8 Å². The van der Waals surface area contributed by atoms with Crippen LogP contribution in [-0.2, 0) is 21.2 Å². The lowest BCUT2D eigenvalue weighted by Gasteiger charge is -2.14. The Morgan fingerprint density at radius 1 is 1.27 bits per heavy atom. The van der Waals surface area contributed by atoms with Gasteiger partial charge in [-0.1, -0.05) is 29.3 Å². The zero-order valence-electron chi connectivity index (χ0n) is 11.7. The second kappa shape index (κ2) is 6.44. The predicted octanol–water partition coefficient (Wildman–Crippen LogP) is 1.85. The van der Waals surface area contributed by atoms with Gasteiger partial charge in [-0.25, -0.2) is 13.2 Å². The fraction of sp³-hybridized carbons (Fsp3) is 0.385. The van der Waals surface area contributed by atoms with Gasteiger partial charge in [0.15, 0.2) is 0 Å². The van der Waals surface area contributed by atoms with Crippen LogP contribution in [0.15, 0.2) is 18.2 Å². The lowest BCUT2D eigenvalue weighted by molar-refractivity contribution is -0.127. The Morgan fingerprint density at radius 3 is 2.55 bits per heavy atom. The number of urea groups is 1. The van der Waals surface area contributed by atoms with Gasteiger partial charge >= 0.3 is 6.03 Å². The van der Waals surface area contributed by atoms with Gasteiger partial charge in [-0.3, -0.25) is 9.69 Å². The molecule has 1 fully saturated rings. The van der Waals surface area contributed by atoms with Gasteiger partial charge in [0.2, 0.25) is 0 Å². The van der Waals surface area contributed by atoms with Crippen molar-refractivity contribution in [2.45, 2.75) is 19.0 Å². The van der Waals surface area contributed by atoms with Crippen molar-refractivity contribution in [2.75, 3.05) is 12.0 Å². The van der Waals surface area contributed by atoms with E-state index in [9.17, 15) is 18.0 Å². The maximum absolute atomic E-state index is 12.2. The number of rotatable bonds is 5. The highest BCUT2D eigenvalue weighted by Gasteiger charge is 2.38. The molecule has 1 N–H and O–H groups in total. The number of nitrogens with one attached hydrogen (secondary N) is 1.